The zero-order chi connectivity index (χ0) is 13.9. The van der Waals surface area contributed by atoms with Crippen LogP contribution in [0.1, 0.15) is 29.9 Å². The highest BCUT2D eigenvalue weighted by Crippen LogP contribution is 2.16. The van der Waals surface area contributed by atoms with Gasteiger partial charge in [0, 0.05) is 6.54 Å². The summed E-state index contributed by atoms with van der Waals surface area (Å²) in [5, 5.41) is 19.8. The molecule has 1 aliphatic heterocycles. The third-order valence-electron chi connectivity index (χ3n) is 3.51. The van der Waals surface area contributed by atoms with Crippen molar-refractivity contribution in [2.75, 3.05) is 0 Å². The Balaban J connectivity index is 1.64. The number of H-pyrrole nitrogens is 1. The van der Waals surface area contributed by atoms with E-state index in [-0.39, 0.29) is 18.0 Å². The summed E-state index contributed by atoms with van der Waals surface area (Å²) >= 11 is 0. The maximum atomic E-state index is 12.3. The number of nitrogens with one attached hydrogen (secondary N) is 3. The summed E-state index contributed by atoms with van der Waals surface area (Å²) in [5.41, 5.74) is 2.47. The molecule has 1 amide bonds. The number of aromatic nitrogens is 4. The third kappa shape index (κ3) is 2.53. The molecule has 0 bridgehead atoms. The van der Waals surface area contributed by atoms with Crippen LogP contribution in [0.2, 0.25) is 0 Å². The van der Waals surface area contributed by atoms with E-state index in [1.165, 1.54) is 11.1 Å². The maximum absolute atomic E-state index is 12.3. The summed E-state index contributed by atoms with van der Waals surface area (Å²) in [4.78, 5) is 12.3. The van der Waals surface area contributed by atoms with Crippen LogP contribution in [0.15, 0.2) is 24.3 Å². The van der Waals surface area contributed by atoms with Crippen molar-refractivity contribution in [3.8, 4) is 0 Å². The first-order valence-electron chi connectivity index (χ1n) is 6.58. The number of carbonyl (C=O) groups is 1. The van der Waals surface area contributed by atoms with Crippen LogP contribution in [0.25, 0.3) is 0 Å². The number of nitrogens with zero attached hydrogens (tertiary/aromatic N) is 3. The van der Waals surface area contributed by atoms with Gasteiger partial charge in [0.05, 0.1) is 12.1 Å². The van der Waals surface area contributed by atoms with Crippen molar-refractivity contribution in [1.29, 1.82) is 0 Å². The molecule has 1 aliphatic rings. The molecular weight excluding hydrogens is 256 g/mol. The predicted octanol–water partition coefficient (Wildman–Crippen LogP) is 0.0914. The molecule has 0 spiro atoms. The Labute approximate surface area is 116 Å². The molecule has 20 heavy (non-hydrogen) atoms. The number of amides is 1. The number of rotatable bonds is 3. The van der Waals surface area contributed by atoms with Gasteiger partial charge in [-0.25, -0.2) is 0 Å². The average Bonchev–Trinajstić information content (AvgIpc) is 3.01. The van der Waals surface area contributed by atoms with Crippen molar-refractivity contribution in [3.05, 3.63) is 41.2 Å². The molecule has 2 aromatic rings. The molecule has 1 aromatic carbocycles. The van der Waals surface area contributed by atoms with Crippen LogP contribution in [0, 0.1) is 0 Å². The minimum Gasteiger partial charge on any atom is -0.345 e. The van der Waals surface area contributed by atoms with Crippen LogP contribution in [0.3, 0.4) is 0 Å². The lowest BCUT2D eigenvalue weighted by molar-refractivity contribution is -0.124. The topological polar surface area (TPSA) is 95.6 Å². The second kappa shape index (κ2) is 5.38. The maximum Gasteiger partial charge on any atom is 0.238 e. The van der Waals surface area contributed by atoms with Crippen LogP contribution in [-0.2, 0) is 17.8 Å². The van der Waals surface area contributed by atoms with Crippen molar-refractivity contribution in [3.63, 3.8) is 0 Å². The van der Waals surface area contributed by atoms with Crippen LogP contribution >= 0.6 is 0 Å². The van der Waals surface area contributed by atoms with Crippen molar-refractivity contribution < 1.29 is 4.79 Å². The first kappa shape index (κ1) is 12.7. The van der Waals surface area contributed by atoms with Crippen molar-refractivity contribution in [2.24, 2.45) is 0 Å². The van der Waals surface area contributed by atoms with E-state index in [9.17, 15) is 4.79 Å². The quantitative estimate of drug-likeness (QED) is 0.736. The first-order chi connectivity index (χ1) is 9.74. The highest BCUT2D eigenvalue weighted by molar-refractivity contribution is 5.82. The number of hydrogen-bond donors (Lipinski definition) is 3. The van der Waals surface area contributed by atoms with Gasteiger partial charge in [0.15, 0.2) is 5.82 Å². The monoisotopic (exact) mass is 272 g/mol. The molecule has 3 N–H and O–H groups in total. The molecule has 1 aromatic heterocycles. The Kier molecular flexibility index (Phi) is 3.42. The summed E-state index contributed by atoms with van der Waals surface area (Å²) in [6, 6.07) is 7.68. The molecule has 0 fully saturated rings. The predicted molar refractivity (Wildman–Crippen MR) is 71.5 cm³/mol. The molecule has 0 radical (unpaired) electrons. The van der Waals surface area contributed by atoms with Gasteiger partial charge in [-0.05, 0) is 24.5 Å². The molecule has 3 rings (SSSR count). The SMILES string of the molecule is CC(NC(=O)[C@@H]1Cc2ccccc2CN1)c1nn[nH]n1. The minimum absolute atomic E-state index is 0.0446. The van der Waals surface area contributed by atoms with Gasteiger partial charge in [0.1, 0.15) is 0 Å². The Morgan fingerprint density at radius 3 is 2.95 bits per heavy atom. The molecule has 7 nitrogen and oxygen atoms in total. The van der Waals surface area contributed by atoms with Gasteiger partial charge < -0.3 is 10.6 Å². The largest absolute Gasteiger partial charge is 0.345 e. The Hall–Kier alpha value is -2.28. The molecule has 1 unspecified atom stereocenters. The molecule has 2 heterocycles. The van der Waals surface area contributed by atoms with E-state index < -0.39 is 0 Å². The normalized spacial score (nSPS) is 19.1. The fraction of sp³-hybridized carbons (Fsp3) is 0.385. The average molecular weight is 272 g/mol. The van der Waals surface area contributed by atoms with Gasteiger partial charge in [-0.2, -0.15) is 5.21 Å². The summed E-state index contributed by atoms with van der Waals surface area (Å²) in [7, 11) is 0. The van der Waals surface area contributed by atoms with E-state index in [2.05, 4.69) is 43.4 Å². The lowest BCUT2D eigenvalue weighted by Crippen LogP contribution is -2.48. The third-order valence-corrected chi connectivity index (χ3v) is 3.51. The molecule has 0 saturated heterocycles. The number of aromatic amines is 1. The van der Waals surface area contributed by atoms with E-state index in [0.29, 0.717) is 18.8 Å². The summed E-state index contributed by atoms with van der Waals surface area (Å²) in [6.07, 6.45) is 0.695. The summed E-state index contributed by atoms with van der Waals surface area (Å²) < 4.78 is 0. The van der Waals surface area contributed by atoms with Gasteiger partial charge in [-0.15, -0.1) is 10.2 Å². The molecule has 0 saturated carbocycles. The van der Waals surface area contributed by atoms with Crippen LogP contribution in [0.4, 0.5) is 0 Å². The Morgan fingerprint density at radius 1 is 1.40 bits per heavy atom. The van der Waals surface area contributed by atoms with Gasteiger partial charge in [0.25, 0.3) is 0 Å². The zero-order valence-corrected chi connectivity index (χ0v) is 11.1. The number of fused-ring (bicyclic) bond motifs is 1. The molecule has 7 heteroatoms. The first-order valence-corrected chi connectivity index (χ1v) is 6.58. The smallest absolute Gasteiger partial charge is 0.238 e. The number of hydrogen-bond acceptors (Lipinski definition) is 5. The Morgan fingerprint density at radius 2 is 2.20 bits per heavy atom. The van der Waals surface area contributed by atoms with Gasteiger partial charge in [-0.1, -0.05) is 29.5 Å². The number of carbonyl (C=O) groups excluding carboxylic acids is 1. The van der Waals surface area contributed by atoms with Crippen LogP contribution < -0.4 is 10.6 Å². The van der Waals surface area contributed by atoms with Crippen LogP contribution in [-0.4, -0.2) is 32.6 Å². The second-order valence-corrected chi connectivity index (χ2v) is 4.91. The van der Waals surface area contributed by atoms with E-state index in [1.54, 1.807) is 0 Å². The second-order valence-electron chi connectivity index (χ2n) is 4.91. The van der Waals surface area contributed by atoms with E-state index in [1.807, 2.05) is 19.1 Å². The van der Waals surface area contributed by atoms with Gasteiger partial charge in [0.2, 0.25) is 5.91 Å². The van der Waals surface area contributed by atoms with Crippen molar-refractivity contribution in [2.45, 2.75) is 32.0 Å². The molecule has 104 valence electrons. The molecule has 0 aliphatic carbocycles. The molecule has 2 atom stereocenters. The minimum atomic E-state index is -0.264. The highest BCUT2D eigenvalue weighted by Gasteiger charge is 2.25. The van der Waals surface area contributed by atoms with Gasteiger partial charge in [-0.3, -0.25) is 4.79 Å². The summed E-state index contributed by atoms with van der Waals surface area (Å²) in [6.45, 7) is 2.55. The zero-order valence-electron chi connectivity index (χ0n) is 11.1. The van der Waals surface area contributed by atoms with Crippen molar-refractivity contribution >= 4 is 5.91 Å². The van der Waals surface area contributed by atoms with E-state index >= 15 is 0 Å². The lowest BCUT2D eigenvalue weighted by atomic mass is 9.95. The fourth-order valence-corrected chi connectivity index (χ4v) is 2.37. The van der Waals surface area contributed by atoms with Crippen molar-refractivity contribution in [1.82, 2.24) is 31.3 Å². The van der Waals surface area contributed by atoms with E-state index in [4.69, 9.17) is 0 Å². The number of tetrazole rings is 1. The highest BCUT2D eigenvalue weighted by atomic mass is 16.2. The number of benzene rings is 1. The van der Waals surface area contributed by atoms with E-state index in [0.717, 1.165) is 0 Å². The lowest BCUT2D eigenvalue weighted by Gasteiger charge is -2.26. The summed E-state index contributed by atoms with van der Waals surface area (Å²) in [5.74, 6) is 0.436. The fourth-order valence-electron chi connectivity index (χ4n) is 2.37. The molecular formula is C13H16N6O. The Bertz CT molecular complexity index is 597. The van der Waals surface area contributed by atoms with Gasteiger partial charge >= 0.3 is 0 Å². The standard InChI is InChI=1S/C13H16N6O/c1-8(12-16-18-19-17-12)15-13(20)11-6-9-4-2-3-5-10(9)7-14-11/h2-5,8,11,14H,6-7H2,1H3,(H,15,20)(H,16,17,18,19)/t8?,11-/m0/s1. The van der Waals surface area contributed by atoms with Crippen LogP contribution in [0.5, 0.6) is 0 Å².